The maximum atomic E-state index is 11.7. The van der Waals surface area contributed by atoms with E-state index < -0.39 is 11.7 Å². The smallest absolute Gasteiger partial charge is 0.412 e. The average molecular weight is 340 g/mol. The number of benzene rings is 1. The van der Waals surface area contributed by atoms with Gasteiger partial charge in [0.25, 0.3) is 0 Å². The van der Waals surface area contributed by atoms with Gasteiger partial charge in [0.2, 0.25) is 0 Å². The summed E-state index contributed by atoms with van der Waals surface area (Å²) in [6.45, 7) is 8.47. The molecule has 24 heavy (non-hydrogen) atoms. The van der Waals surface area contributed by atoms with Crippen molar-refractivity contribution in [1.29, 1.82) is 0 Å². The normalized spacial score (nSPS) is 11.2. The maximum Gasteiger partial charge on any atom is 0.412 e. The van der Waals surface area contributed by atoms with Crippen molar-refractivity contribution in [3.05, 3.63) is 24.3 Å². The van der Waals surface area contributed by atoms with Crippen LogP contribution in [-0.2, 0) is 14.2 Å². The van der Waals surface area contributed by atoms with Crippen LogP contribution in [0.4, 0.5) is 10.5 Å². The van der Waals surface area contributed by atoms with Crippen LogP contribution in [0.15, 0.2) is 24.3 Å². The van der Waals surface area contributed by atoms with E-state index in [1.54, 1.807) is 24.3 Å². The van der Waals surface area contributed by atoms with Gasteiger partial charge in [-0.2, -0.15) is 0 Å². The molecule has 1 aromatic rings. The van der Waals surface area contributed by atoms with Crippen LogP contribution in [0.3, 0.4) is 0 Å². The van der Waals surface area contributed by atoms with Gasteiger partial charge in [0.15, 0.2) is 0 Å². The third-order valence-corrected chi connectivity index (χ3v) is 2.63. The number of ether oxygens (including phenoxy) is 4. The standard InChI is InChI=1S/C17H28N2O5/c1-17(2,3)24-16(20)19-14-4-6-15(7-5-14)23-13-12-22-11-10-21-9-8-18/h4-7H,8-13,18H2,1-3H3,(H,19,20). The fourth-order valence-electron chi connectivity index (χ4n) is 1.68. The molecule has 7 nitrogen and oxygen atoms in total. The number of carbonyl (C=O) groups is 1. The molecule has 0 aliphatic rings. The molecular weight excluding hydrogens is 312 g/mol. The highest BCUT2D eigenvalue weighted by atomic mass is 16.6. The molecule has 3 N–H and O–H groups in total. The maximum absolute atomic E-state index is 11.7. The van der Waals surface area contributed by atoms with Crippen molar-refractivity contribution in [3.8, 4) is 5.75 Å². The highest BCUT2D eigenvalue weighted by Crippen LogP contribution is 2.17. The first-order valence-corrected chi connectivity index (χ1v) is 7.99. The molecule has 0 aliphatic heterocycles. The van der Waals surface area contributed by atoms with E-state index in [1.807, 2.05) is 20.8 Å². The number of rotatable bonds is 10. The van der Waals surface area contributed by atoms with Gasteiger partial charge >= 0.3 is 6.09 Å². The van der Waals surface area contributed by atoms with E-state index in [2.05, 4.69) is 5.32 Å². The highest BCUT2D eigenvalue weighted by Gasteiger charge is 2.16. The van der Waals surface area contributed by atoms with Crippen molar-refractivity contribution in [2.45, 2.75) is 26.4 Å². The van der Waals surface area contributed by atoms with Crippen molar-refractivity contribution in [1.82, 2.24) is 0 Å². The summed E-state index contributed by atoms with van der Waals surface area (Å²) in [5, 5.41) is 2.66. The Labute approximate surface area is 143 Å². The monoisotopic (exact) mass is 340 g/mol. The van der Waals surface area contributed by atoms with Crippen LogP contribution in [0.1, 0.15) is 20.8 Å². The number of hydrogen-bond acceptors (Lipinski definition) is 6. The number of nitrogens with one attached hydrogen (secondary N) is 1. The lowest BCUT2D eigenvalue weighted by Crippen LogP contribution is -2.27. The molecule has 0 saturated heterocycles. The van der Waals surface area contributed by atoms with Crippen LogP contribution in [-0.4, -0.2) is 51.3 Å². The molecule has 1 rings (SSSR count). The van der Waals surface area contributed by atoms with Gasteiger partial charge in [-0.05, 0) is 45.0 Å². The molecule has 0 spiro atoms. The zero-order chi connectivity index (χ0) is 17.8. The summed E-state index contributed by atoms with van der Waals surface area (Å²) in [4.78, 5) is 11.7. The van der Waals surface area contributed by atoms with Gasteiger partial charge in [0, 0.05) is 12.2 Å². The molecule has 0 fully saturated rings. The molecule has 0 atom stereocenters. The van der Waals surface area contributed by atoms with Gasteiger partial charge in [0.1, 0.15) is 18.0 Å². The third-order valence-electron chi connectivity index (χ3n) is 2.63. The summed E-state index contributed by atoms with van der Waals surface area (Å²) in [7, 11) is 0. The fourth-order valence-corrected chi connectivity index (χ4v) is 1.68. The second kappa shape index (κ2) is 10.9. The van der Waals surface area contributed by atoms with E-state index in [0.29, 0.717) is 51.0 Å². The Balaban J connectivity index is 2.19. The third kappa shape index (κ3) is 10.0. The Bertz CT molecular complexity index is 471. The predicted octanol–water partition coefficient (Wildman–Crippen LogP) is 2.40. The average Bonchev–Trinajstić information content (AvgIpc) is 2.49. The molecule has 7 heteroatoms. The van der Waals surface area contributed by atoms with Crippen LogP contribution in [0, 0.1) is 0 Å². The molecule has 0 aliphatic carbocycles. The van der Waals surface area contributed by atoms with Crippen LogP contribution < -0.4 is 15.8 Å². The van der Waals surface area contributed by atoms with Crippen LogP contribution in [0.5, 0.6) is 5.75 Å². The summed E-state index contributed by atoms with van der Waals surface area (Å²) in [5.41, 5.74) is 5.42. The van der Waals surface area contributed by atoms with E-state index in [1.165, 1.54) is 0 Å². The minimum absolute atomic E-state index is 0.440. The molecule has 0 aromatic heterocycles. The van der Waals surface area contributed by atoms with E-state index in [-0.39, 0.29) is 0 Å². The topological polar surface area (TPSA) is 92.0 Å². The Kier molecular flexibility index (Phi) is 9.14. The number of carbonyl (C=O) groups excluding carboxylic acids is 1. The first-order valence-electron chi connectivity index (χ1n) is 7.99. The first-order chi connectivity index (χ1) is 11.4. The molecular formula is C17H28N2O5. The van der Waals surface area contributed by atoms with Crippen molar-refractivity contribution in [2.24, 2.45) is 5.73 Å². The Morgan fingerprint density at radius 2 is 1.58 bits per heavy atom. The fraction of sp³-hybridized carbons (Fsp3) is 0.588. The molecule has 1 aromatic carbocycles. The van der Waals surface area contributed by atoms with Gasteiger partial charge in [-0.3, -0.25) is 5.32 Å². The van der Waals surface area contributed by atoms with E-state index in [9.17, 15) is 4.79 Å². The minimum Gasteiger partial charge on any atom is -0.491 e. The first kappa shape index (κ1) is 20.2. The molecule has 0 saturated carbocycles. The largest absolute Gasteiger partial charge is 0.491 e. The molecule has 0 radical (unpaired) electrons. The van der Waals surface area contributed by atoms with Crippen molar-refractivity contribution >= 4 is 11.8 Å². The number of anilines is 1. The number of nitrogens with two attached hydrogens (primary N) is 1. The predicted molar refractivity (Wildman–Crippen MR) is 92.5 cm³/mol. The van der Waals surface area contributed by atoms with Crippen molar-refractivity contribution in [3.63, 3.8) is 0 Å². The van der Waals surface area contributed by atoms with Gasteiger partial charge in [-0.25, -0.2) is 4.79 Å². The summed E-state index contributed by atoms with van der Waals surface area (Å²) in [6, 6.07) is 7.05. The van der Waals surface area contributed by atoms with Crippen LogP contribution in [0.2, 0.25) is 0 Å². The van der Waals surface area contributed by atoms with Gasteiger partial charge in [-0.1, -0.05) is 0 Å². The van der Waals surface area contributed by atoms with Crippen LogP contribution in [0.25, 0.3) is 0 Å². The lowest BCUT2D eigenvalue weighted by molar-refractivity contribution is 0.0388. The van der Waals surface area contributed by atoms with E-state index in [4.69, 9.17) is 24.7 Å². The summed E-state index contributed by atoms with van der Waals surface area (Å²) >= 11 is 0. The second-order valence-electron chi connectivity index (χ2n) is 6.01. The quantitative estimate of drug-likeness (QED) is 0.636. The molecule has 0 unspecified atom stereocenters. The SMILES string of the molecule is CC(C)(C)OC(=O)Nc1ccc(OCCOCCOCCN)cc1. The molecule has 136 valence electrons. The van der Waals surface area contributed by atoms with Crippen molar-refractivity contribution < 1.29 is 23.7 Å². The van der Waals surface area contributed by atoms with E-state index in [0.717, 1.165) is 0 Å². The summed E-state index contributed by atoms with van der Waals surface area (Å²) < 4.78 is 21.3. The summed E-state index contributed by atoms with van der Waals surface area (Å²) in [6.07, 6.45) is -0.485. The Morgan fingerprint density at radius 1 is 1.00 bits per heavy atom. The molecule has 1 amide bonds. The van der Waals surface area contributed by atoms with Gasteiger partial charge in [-0.15, -0.1) is 0 Å². The summed E-state index contributed by atoms with van der Waals surface area (Å²) in [5.74, 6) is 0.702. The van der Waals surface area contributed by atoms with E-state index >= 15 is 0 Å². The van der Waals surface area contributed by atoms with Gasteiger partial charge in [0.05, 0.1) is 26.4 Å². The number of hydrogen-bond donors (Lipinski definition) is 2. The zero-order valence-electron chi connectivity index (χ0n) is 14.7. The molecule has 0 heterocycles. The second-order valence-corrected chi connectivity index (χ2v) is 6.01. The lowest BCUT2D eigenvalue weighted by Gasteiger charge is -2.19. The Morgan fingerprint density at radius 3 is 2.17 bits per heavy atom. The molecule has 0 bridgehead atoms. The highest BCUT2D eigenvalue weighted by molar-refractivity contribution is 5.84. The van der Waals surface area contributed by atoms with Crippen molar-refractivity contribution in [2.75, 3.05) is 44.9 Å². The van der Waals surface area contributed by atoms with Gasteiger partial charge < -0.3 is 24.7 Å². The van der Waals surface area contributed by atoms with Crippen LogP contribution >= 0.6 is 0 Å². The lowest BCUT2D eigenvalue weighted by atomic mass is 10.2. The Hall–Kier alpha value is -1.83. The minimum atomic E-state index is -0.525. The number of amides is 1. The zero-order valence-corrected chi connectivity index (χ0v) is 14.7.